The average molecular weight is 654 g/mol. The third kappa shape index (κ3) is 7.14. The molecule has 3 N–H and O–H groups in total. The maximum atomic E-state index is 14.1. The van der Waals surface area contributed by atoms with Crippen molar-refractivity contribution < 1.29 is 37.3 Å². The molecule has 0 aliphatic heterocycles. The number of carboxylic acids is 1. The number of rotatable bonds is 12. The second-order valence-electron chi connectivity index (χ2n) is 12.2. The third-order valence-corrected chi connectivity index (χ3v) is 8.58. The molecule has 0 saturated heterocycles. The number of amides is 1. The number of pyridine rings is 3. The number of aromatic nitrogens is 5. The van der Waals surface area contributed by atoms with E-state index in [1.54, 1.807) is 13.2 Å². The standard InChI is InChI=1S/C32H34F3N7O5/c1-42(16-31(17-46-2)8-3-4-9-31)24-13-22(19-11-21(32(33,34)35)26(37-14-19)18-5-6-18)38-28-27(24)39-30(40-28)41-29(45)23-12-20(7-10-36-23)47-15-25(43)44/h7,10-14,18H,3-6,8-9,15-17H2,1-2H3,(H,43,44)(H2,38,39,40,41,45). The highest BCUT2D eigenvalue weighted by atomic mass is 19.4. The van der Waals surface area contributed by atoms with E-state index in [1.165, 1.54) is 24.5 Å². The topological polar surface area (TPSA) is 155 Å². The van der Waals surface area contributed by atoms with Crippen LogP contribution in [0.4, 0.5) is 24.8 Å². The SMILES string of the molecule is COCC1(CN(C)c2cc(-c3cnc(C4CC4)c(C(F)(F)F)c3)nc3nc(NC(=O)c4cc(OCC(=O)O)ccn4)[nH]c23)CCCC1. The van der Waals surface area contributed by atoms with Crippen molar-refractivity contribution in [3.63, 3.8) is 0 Å². The predicted octanol–water partition coefficient (Wildman–Crippen LogP) is 5.67. The minimum Gasteiger partial charge on any atom is -0.482 e. The molecule has 0 aromatic carbocycles. The lowest BCUT2D eigenvalue weighted by molar-refractivity contribution is -0.139. The molecule has 4 heterocycles. The summed E-state index contributed by atoms with van der Waals surface area (Å²) in [7, 11) is 3.57. The zero-order valence-electron chi connectivity index (χ0n) is 25.9. The van der Waals surface area contributed by atoms with Crippen LogP contribution in [0.25, 0.3) is 22.4 Å². The lowest BCUT2D eigenvalue weighted by Gasteiger charge is -2.34. The van der Waals surface area contributed by atoms with Crippen molar-refractivity contribution in [3.8, 4) is 17.0 Å². The molecular weight excluding hydrogens is 619 g/mol. The van der Waals surface area contributed by atoms with Gasteiger partial charge in [-0.3, -0.25) is 20.1 Å². The summed E-state index contributed by atoms with van der Waals surface area (Å²) in [5, 5.41) is 11.5. The van der Waals surface area contributed by atoms with Gasteiger partial charge in [0.25, 0.3) is 5.91 Å². The predicted molar refractivity (Wildman–Crippen MR) is 165 cm³/mol. The fourth-order valence-electron chi connectivity index (χ4n) is 6.31. The Hall–Kier alpha value is -4.79. The molecule has 15 heteroatoms. The number of fused-ring (bicyclic) bond motifs is 1. The number of carbonyl (C=O) groups excluding carboxylic acids is 1. The van der Waals surface area contributed by atoms with E-state index in [1.807, 2.05) is 11.9 Å². The molecule has 4 aromatic heterocycles. The van der Waals surface area contributed by atoms with Gasteiger partial charge in [0.2, 0.25) is 5.95 Å². The molecule has 0 atom stereocenters. The zero-order valence-corrected chi connectivity index (χ0v) is 25.9. The van der Waals surface area contributed by atoms with Crippen LogP contribution in [-0.2, 0) is 15.7 Å². The van der Waals surface area contributed by atoms with Gasteiger partial charge in [-0.15, -0.1) is 0 Å². The molecule has 2 aliphatic carbocycles. The van der Waals surface area contributed by atoms with Crippen LogP contribution in [0, 0.1) is 5.41 Å². The molecular formula is C32H34F3N7O5. The smallest absolute Gasteiger partial charge is 0.418 e. The molecule has 0 unspecified atom stereocenters. The number of halogens is 3. The zero-order chi connectivity index (χ0) is 33.3. The summed E-state index contributed by atoms with van der Waals surface area (Å²) in [5.41, 5.74) is 0.857. The summed E-state index contributed by atoms with van der Waals surface area (Å²) in [6.45, 7) is 0.584. The third-order valence-electron chi connectivity index (χ3n) is 8.58. The van der Waals surface area contributed by atoms with E-state index in [0.717, 1.165) is 31.7 Å². The van der Waals surface area contributed by atoms with Gasteiger partial charge in [-0.2, -0.15) is 18.2 Å². The van der Waals surface area contributed by atoms with Gasteiger partial charge in [-0.25, -0.2) is 9.78 Å². The highest BCUT2D eigenvalue weighted by Crippen LogP contribution is 2.46. The Morgan fingerprint density at radius 2 is 1.91 bits per heavy atom. The Kier molecular flexibility index (Phi) is 8.74. The minimum atomic E-state index is -4.58. The van der Waals surface area contributed by atoms with Gasteiger partial charge < -0.3 is 24.5 Å². The van der Waals surface area contributed by atoms with Crippen LogP contribution >= 0.6 is 0 Å². The molecule has 248 valence electrons. The van der Waals surface area contributed by atoms with Crippen LogP contribution in [0.1, 0.15) is 66.2 Å². The van der Waals surface area contributed by atoms with Gasteiger partial charge in [-0.05, 0) is 43.9 Å². The lowest BCUT2D eigenvalue weighted by Crippen LogP contribution is -2.37. The first-order chi connectivity index (χ1) is 22.4. The summed E-state index contributed by atoms with van der Waals surface area (Å²) in [6, 6.07) is 5.53. The number of nitrogens with zero attached hydrogens (tertiary/aromatic N) is 5. The molecule has 4 aromatic rings. The van der Waals surface area contributed by atoms with Crippen molar-refractivity contribution >= 4 is 34.7 Å². The molecule has 12 nitrogen and oxygen atoms in total. The van der Waals surface area contributed by atoms with E-state index in [-0.39, 0.29) is 51.3 Å². The van der Waals surface area contributed by atoms with Crippen LogP contribution in [0.15, 0.2) is 36.7 Å². The normalized spacial score (nSPS) is 15.9. The Balaban J connectivity index is 1.38. The number of hydrogen-bond acceptors (Lipinski definition) is 9. The maximum absolute atomic E-state index is 14.1. The first kappa shape index (κ1) is 32.2. The van der Waals surface area contributed by atoms with E-state index in [9.17, 15) is 22.8 Å². The number of methoxy groups -OCH3 is 1. The van der Waals surface area contributed by atoms with E-state index < -0.39 is 30.2 Å². The minimum absolute atomic E-state index is 0.0358. The molecule has 0 bridgehead atoms. The number of aromatic amines is 1. The van der Waals surface area contributed by atoms with E-state index in [4.69, 9.17) is 14.6 Å². The van der Waals surface area contributed by atoms with Crippen molar-refractivity contribution in [1.29, 1.82) is 0 Å². The molecule has 0 spiro atoms. The molecule has 6 rings (SSSR count). The van der Waals surface area contributed by atoms with Gasteiger partial charge in [0, 0.05) is 56.1 Å². The van der Waals surface area contributed by atoms with Gasteiger partial charge in [-0.1, -0.05) is 12.8 Å². The van der Waals surface area contributed by atoms with Crippen molar-refractivity contribution in [2.24, 2.45) is 5.41 Å². The molecule has 1 amide bonds. The number of alkyl halides is 3. The number of H-pyrrole nitrogens is 1. The highest BCUT2D eigenvalue weighted by molar-refractivity contribution is 6.03. The van der Waals surface area contributed by atoms with Crippen LogP contribution in [0.2, 0.25) is 0 Å². The summed E-state index contributed by atoms with van der Waals surface area (Å²) in [6.07, 6.45) is 3.60. The Morgan fingerprint density at radius 3 is 2.60 bits per heavy atom. The highest BCUT2D eigenvalue weighted by Gasteiger charge is 2.40. The van der Waals surface area contributed by atoms with Crippen molar-refractivity contribution in [2.75, 3.05) is 44.1 Å². The molecule has 0 radical (unpaired) electrons. The van der Waals surface area contributed by atoms with E-state index >= 15 is 0 Å². The monoisotopic (exact) mass is 653 g/mol. The molecule has 2 aliphatic rings. The van der Waals surface area contributed by atoms with Crippen LogP contribution in [0.5, 0.6) is 5.75 Å². The number of nitrogens with one attached hydrogen (secondary N) is 2. The fraction of sp³-hybridized carbons (Fsp3) is 0.438. The number of carboxylic acid groups (broad SMARTS) is 1. The Bertz CT molecular complexity index is 1800. The second-order valence-corrected chi connectivity index (χ2v) is 12.2. The first-order valence-corrected chi connectivity index (χ1v) is 15.2. The Labute approximate surface area is 267 Å². The molecule has 2 saturated carbocycles. The van der Waals surface area contributed by atoms with Crippen molar-refractivity contribution in [3.05, 3.63) is 53.6 Å². The lowest BCUT2D eigenvalue weighted by atomic mass is 9.86. The van der Waals surface area contributed by atoms with Crippen molar-refractivity contribution in [2.45, 2.75) is 50.6 Å². The number of anilines is 2. The van der Waals surface area contributed by atoms with Gasteiger partial charge >= 0.3 is 12.1 Å². The maximum Gasteiger partial charge on any atom is 0.418 e. The first-order valence-electron chi connectivity index (χ1n) is 15.2. The number of ether oxygens (including phenoxy) is 2. The quantitative estimate of drug-likeness (QED) is 0.174. The van der Waals surface area contributed by atoms with Gasteiger partial charge in [0.1, 0.15) is 17.0 Å². The number of aliphatic carboxylic acids is 1. The van der Waals surface area contributed by atoms with Crippen LogP contribution in [-0.4, -0.2) is 75.8 Å². The summed E-state index contributed by atoms with van der Waals surface area (Å²) >= 11 is 0. The fourth-order valence-corrected chi connectivity index (χ4v) is 6.31. The molecule has 47 heavy (non-hydrogen) atoms. The van der Waals surface area contributed by atoms with Crippen LogP contribution in [0.3, 0.4) is 0 Å². The summed E-state index contributed by atoms with van der Waals surface area (Å²) in [4.78, 5) is 46.4. The number of carbonyl (C=O) groups is 2. The van der Waals surface area contributed by atoms with E-state index in [0.29, 0.717) is 37.2 Å². The van der Waals surface area contributed by atoms with Gasteiger partial charge in [0.05, 0.1) is 29.2 Å². The van der Waals surface area contributed by atoms with Crippen molar-refractivity contribution in [1.82, 2.24) is 24.9 Å². The van der Waals surface area contributed by atoms with Crippen LogP contribution < -0.4 is 15.0 Å². The average Bonchev–Trinajstić information content (AvgIpc) is 3.65. The Morgan fingerprint density at radius 1 is 1.15 bits per heavy atom. The summed E-state index contributed by atoms with van der Waals surface area (Å²) < 4.78 is 53.1. The summed E-state index contributed by atoms with van der Waals surface area (Å²) in [5.74, 6) is -1.84. The second kappa shape index (κ2) is 12.8. The van der Waals surface area contributed by atoms with E-state index in [2.05, 4.69) is 30.2 Å². The largest absolute Gasteiger partial charge is 0.482 e. The van der Waals surface area contributed by atoms with Gasteiger partial charge in [0.15, 0.2) is 12.3 Å². The molecule has 2 fully saturated rings. The number of imidazole rings is 1. The number of hydrogen-bond donors (Lipinski definition) is 3.